The van der Waals surface area contributed by atoms with Crippen molar-refractivity contribution in [1.29, 1.82) is 0 Å². The summed E-state index contributed by atoms with van der Waals surface area (Å²) in [6.07, 6.45) is -0.225. The average Bonchev–Trinajstić information content (AvgIpc) is 2.42. The molecule has 0 radical (unpaired) electrons. The maximum Gasteiger partial charge on any atom is 0.329 e. The number of carbonyl (C=O) groups excluding carboxylic acids is 3. The van der Waals surface area contributed by atoms with Crippen LogP contribution in [0.25, 0.3) is 0 Å². The third-order valence-electron chi connectivity index (χ3n) is 2.58. The number of morpholine rings is 1. The molecule has 1 aromatic carbocycles. The van der Waals surface area contributed by atoms with Crippen LogP contribution < -0.4 is 5.32 Å². The second-order valence-electron chi connectivity index (χ2n) is 4.08. The summed E-state index contributed by atoms with van der Waals surface area (Å²) in [7, 11) is 0. The van der Waals surface area contributed by atoms with Crippen molar-refractivity contribution >= 4 is 17.8 Å². The summed E-state index contributed by atoms with van der Waals surface area (Å²) in [6.45, 7) is -0.163. The van der Waals surface area contributed by atoms with Crippen molar-refractivity contribution in [2.45, 2.75) is 19.1 Å². The highest BCUT2D eigenvalue weighted by Crippen LogP contribution is 2.06. The number of benzene rings is 1. The van der Waals surface area contributed by atoms with Gasteiger partial charge in [-0.1, -0.05) is 30.3 Å². The molecule has 1 fully saturated rings. The zero-order valence-corrected chi connectivity index (χ0v) is 10.1. The molecule has 1 unspecified atom stereocenters. The minimum atomic E-state index is -0.954. The van der Waals surface area contributed by atoms with Gasteiger partial charge in [0.1, 0.15) is 12.6 Å². The van der Waals surface area contributed by atoms with Crippen LogP contribution in [0, 0.1) is 0 Å². The number of cyclic esters (lactones) is 1. The molecule has 0 spiro atoms. The third-order valence-corrected chi connectivity index (χ3v) is 2.58. The van der Waals surface area contributed by atoms with E-state index in [0.29, 0.717) is 0 Å². The van der Waals surface area contributed by atoms with Crippen molar-refractivity contribution in [1.82, 2.24) is 5.32 Å². The number of ether oxygens (including phenoxy) is 2. The van der Waals surface area contributed by atoms with E-state index >= 15 is 0 Å². The van der Waals surface area contributed by atoms with E-state index in [1.807, 2.05) is 30.3 Å². The van der Waals surface area contributed by atoms with Crippen LogP contribution >= 0.6 is 0 Å². The Balaban J connectivity index is 1.81. The Morgan fingerprint density at radius 2 is 2.05 bits per heavy atom. The van der Waals surface area contributed by atoms with Gasteiger partial charge < -0.3 is 14.8 Å². The van der Waals surface area contributed by atoms with Gasteiger partial charge in [0.15, 0.2) is 6.61 Å². The lowest BCUT2D eigenvalue weighted by atomic mass is 10.2. The number of nitrogens with one attached hydrogen (secondary N) is 1. The molecule has 19 heavy (non-hydrogen) atoms. The monoisotopic (exact) mass is 263 g/mol. The molecule has 1 aromatic rings. The Morgan fingerprint density at radius 1 is 1.32 bits per heavy atom. The fourth-order valence-corrected chi connectivity index (χ4v) is 1.63. The van der Waals surface area contributed by atoms with Gasteiger partial charge in [-0.2, -0.15) is 0 Å². The van der Waals surface area contributed by atoms with Gasteiger partial charge in [0.2, 0.25) is 0 Å². The van der Waals surface area contributed by atoms with Crippen LogP contribution in [0.1, 0.15) is 12.0 Å². The van der Waals surface area contributed by atoms with Gasteiger partial charge in [-0.3, -0.25) is 9.59 Å². The number of rotatable bonds is 4. The second-order valence-corrected chi connectivity index (χ2v) is 4.08. The van der Waals surface area contributed by atoms with Crippen molar-refractivity contribution in [3.8, 4) is 0 Å². The lowest BCUT2D eigenvalue weighted by molar-refractivity contribution is -0.161. The first kappa shape index (κ1) is 13.1. The maximum absolute atomic E-state index is 11.6. The van der Waals surface area contributed by atoms with Crippen LogP contribution in [0.15, 0.2) is 30.3 Å². The Labute approximate surface area is 109 Å². The fraction of sp³-hybridized carbons (Fsp3) is 0.308. The first-order valence-corrected chi connectivity index (χ1v) is 5.80. The Hall–Kier alpha value is -2.37. The number of hydrogen-bond acceptors (Lipinski definition) is 5. The molecule has 0 saturated carbocycles. The highest BCUT2D eigenvalue weighted by molar-refractivity contribution is 5.92. The minimum Gasteiger partial charge on any atom is -0.461 e. The number of esters is 2. The van der Waals surface area contributed by atoms with Crippen LogP contribution in [-0.4, -0.2) is 30.5 Å². The summed E-state index contributed by atoms with van der Waals surface area (Å²) >= 11 is 0. The van der Waals surface area contributed by atoms with E-state index in [2.05, 4.69) is 10.1 Å². The second kappa shape index (κ2) is 5.99. The molecule has 1 atom stereocenters. The molecule has 0 bridgehead atoms. The average molecular weight is 263 g/mol. The zero-order valence-electron chi connectivity index (χ0n) is 10.1. The van der Waals surface area contributed by atoms with Crippen LogP contribution in [0.5, 0.6) is 0 Å². The van der Waals surface area contributed by atoms with Crippen LogP contribution in [0.3, 0.4) is 0 Å². The zero-order chi connectivity index (χ0) is 13.7. The molecule has 1 N–H and O–H groups in total. The molecule has 1 heterocycles. The van der Waals surface area contributed by atoms with Gasteiger partial charge in [0.25, 0.3) is 5.91 Å². The van der Waals surface area contributed by atoms with Gasteiger partial charge in [0, 0.05) is 0 Å². The maximum atomic E-state index is 11.6. The Kier molecular flexibility index (Phi) is 4.12. The molecule has 1 amide bonds. The normalized spacial score (nSPS) is 18.4. The minimum absolute atomic E-state index is 0.134. The molecular formula is C13H13NO5. The molecule has 1 saturated heterocycles. The van der Waals surface area contributed by atoms with E-state index < -0.39 is 23.9 Å². The molecule has 0 aromatic heterocycles. The van der Waals surface area contributed by atoms with Crippen LogP contribution in [0.2, 0.25) is 0 Å². The highest BCUT2D eigenvalue weighted by atomic mass is 16.5. The smallest absolute Gasteiger partial charge is 0.329 e. The van der Waals surface area contributed by atoms with Gasteiger partial charge in [-0.05, 0) is 5.56 Å². The predicted molar refractivity (Wildman–Crippen MR) is 63.7 cm³/mol. The van der Waals surface area contributed by atoms with Gasteiger partial charge in [0.05, 0.1) is 6.42 Å². The van der Waals surface area contributed by atoms with Crippen molar-refractivity contribution < 1.29 is 23.9 Å². The van der Waals surface area contributed by atoms with E-state index in [0.717, 1.165) is 5.56 Å². The van der Waals surface area contributed by atoms with Gasteiger partial charge >= 0.3 is 11.9 Å². The van der Waals surface area contributed by atoms with Gasteiger partial charge in [-0.15, -0.1) is 0 Å². The fourth-order valence-electron chi connectivity index (χ4n) is 1.63. The highest BCUT2D eigenvalue weighted by Gasteiger charge is 2.30. The Morgan fingerprint density at radius 3 is 2.79 bits per heavy atom. The molecule has 100 valence electrons. The molecule has 0 aliphatic carbocycles. The van der Waals surface area contributed by atoms with Gasteiger partial charge in [-0.25, -0.2) is 4.79 Å². The lowest BCUT2D eigenvalue weighted by Crippen LogP contribution is -2.50. The number of hydrogen-bond donors (Lipinski definition) is 1. The summed E-state index contributed by atoms with van der Waals surface area (Å²) in [5.74, 6) is -1.59. The van der Waals surface area contributed by atoms with Crippen molar-refractivity contribution in [2.75, 3.05) is 6.61 Å². The van der Waals surface area contributed by atoms with Crippen molar-refractivity contribution in [2.24, 2.45) is 0 Å². The molecule has 2 rings (SSSR count). The van der Waals surface area contributed by atoms with Crippen LogP contribution in [-0.2, 0) is 30.5 Å². The Bertz CT molecular complexity index is 485. The van der Waals surface area contributed by atoms with E-state index in [4.69, 9.17) is 4.74 Å². The molecular weight excluding hydrogens is 250 g/mol. The molecule has 6 heteroatoms. The lowest BCUT2D eigenvalue weighted by Gasteiger charge is -2.21. The molecule has 1 aliphatic heterocycles. The van der Waals surface area contributed by atoms with Crippen LogP contribution in [0.4, 0.5) is 0 Å². The van der Waals surface area contributed by atoms with E-state index in [1.165, 1.54) is 0 Å². The standard InChI is InChI=1S/C13H13NO5/c15-11-8-19-13(17)10(14-11)6-12(16)18-7-9-4-2-1-3-5-9/h1-5,10H,6-8H2,(H,14,15). The summed E-state index contributed by atoms with van der Waals surface area (Å²) in [5.41, 5.74) is 0.853. The molecule has 6 nitrogen and oxygen atoms in total. The quantitative estimate of drug-likeness (QED) is 0.783. The number of carbonyl (C=O) groups is 3. The number of amides is 1. The SMILES string of the molecule is O=C1COC(=O)C(CC(=O)OCc2ccccc2)N1. The molecule has 1 aliphatic rings. The largest absolute Gasteiger partial charge is 0.461 e. The topological polar surface area (TPSA) is 81.7 Å². The van der Waals surface area contributed by atoms with Crippen molar-refractivity contribution in [3.63, 3.8) is 0 Å². The first-order valence-electron chi connectivity index (χ1n) is 5.80. The van der Waals surface area contributed by atoms with Crippen molar-refractivity contribution in [3.05, 3.63) is 35.9 Å². The summed E-state index contributed by atoms with van der Waals surface area (Å²) in [4.78, 5) is 33.9. The van der Waals surface area contributed by atoms with E-state index in [-0.39, 0.29) is 19.6 Å². The predicted octanol–water partition coefficient (Wildman–Crippen LogP) is 0.161. The summed E-state index contributed by atoms with van der Waals surface area (Å²) in [6, 6.07) is 8.22. The van der Waals surface area contributed by atoms with E-state index in [9.17, 15) is 14.4 Å². The van der Waals surface area contributed by atoms with E-state index in [1.54, 1.807) is 0 Å². The first-order chi connectivity index (χ1) is 9.15. The summed E-state index contributed by atoms with van der Waals surface area (Å²) < 4.78 is 9.62. The third kappa shape index (κ3) is 3.80. The summed E-state index contributed by atoms with van der Waals surface area (Å²) in [5, 5.41) is 2.38.